The molecule has 0 saturated carbocycles. The van der Waals surface area contributed by atoms with Crippen molar-refractivity contribution in [3.05, 3.63) is 52.1 Å². The van der Waals surface area contributed by atoms with E-state index in [9.17, 15) is 15.0 Å². The van der Waals surface area contributed by atoms with E-state index < -0.39 is 5.75 Å². The van der Waals surface area contributed by atoms with Gasteiger partial charge in [-0.25, -0.2) is 4.98 Å². The highest BCUT2D eigenvalue weighted by atomic mass is 32.1. The Hall–Kier alpha value is -2.86. The van der Waals surface area contributed by atoms with Crippen molar-refractivity contribution in [2.75, 3.05) is 0 Å². The lowest BCUT2D eigenvalue weighted by molar-refractivity contribution is 0.400. The molecule has 108 valence electrons. The van der Waals surface area contributed by atoms with Crippen molar-refractivity contribution in [1.29, 1.82) is 0 Å². The van der Waals surface area contributed by atoms with Gasteiger partial charge >= 0.3 is 0 Å². The fourth-order valence-electron chi connectivity index (χ4n) is 2.35. The van der Waals surface area contributed by atoms with Gasteiger partial charge in [0.25, 0.3) is 0 Å². The molecule has 0 aliphatic heterocycles. The number of thiazole rings is 1. The molecule has 5 nitrogen and oxygen atoms in total. The van der Waals surface area contributed by atoms with Crippen LogP contribution in [-0.4, -0.2) is 15.2 Å². The van der Waals surface area contributed by atoms with Crippen molar-refractivity contribution >= 4 is 32.5 Å². The first-order valence-electron chi connectivity index (χ1n) is 6.46. The average Bonchev–Trinajstić information content (AvgIpc) is 2.98. The molecule has 2 aromatic carbocycles. The number of phenols is 2. The van der Waals surface area contributed by atoms with Gasteiger partial charge in [-0.1, -0.05) is 0 Å². The van der Waals surface area contributed by atoms with Gasteiger partial charge in [0.2, 0.25) is 5.75 Å². The second-order valence-electron chi connectivity index (χ2n) is 4.82. The zero-order chi connectivity index (χ0) is 15.3. The maximum Gasteiger partial charge on any atom is 0.201 e. The summed E-state index contributed by atoms with van der Waals surface area (Å²) in [6.45, 7) is 0. The zero-order valence-electron chi connectivity index (χ0n) is 11.1. The Bertz CT molecular complexity index is 1080. The lowest BCUT2D eigenvalue weighted by Crippen LogP contribution is -2.00. The molecule has 0 aliphatic carbocycles. The SMILES string of the molecule is O=c1cc(-c2ccc3scnc3c2)oc2c(O)c(O)ccc12. The molecule has 4 rings (SSSR count). The highest BCUT2D eigenvalue weighted by Gasteiger charge is 2.13. The van der Waals surface area contributed by atoms with E-state index in [0.29, 0.717) is 11.3 Å². The highest BCUT2D eigenvalue weighted by molar-refractivity contribution is 7.16. The maximum absolute atomic E-state index is 12.2. The molecule has 0 spiro atoms. The lowest BCUT2D eigenvalue weighted by Gasteiger charge is -2.05. The molecule has 2 N–H and O–H groups in total. The molecule has 6 heteroatoms. The van der Waals surface area contributed by atoms with Gasteiger partial charge < -0.3 is 14.6 Å². The molecule has 0 amide bonds. The van der Waals surface area contributed by atoms with Gasteiger partial charge in [-0.15, -0.1) is 11.3 Å². The van der Waals surface area contributed by atoms with Crippen molar-refractivity contribution in [3.8, 4) is 22.8 Å². The number of hydrogen-bond acceptors (Lipinski definition) is 6. The maximum atomic E-state index is 12.2. The molecule has 0 aliphatic rings. The van der Waals surface area contributed by atoms with Crippen LogP contribution >= 0.6 is 11.3 Å². The second kappa shape index (κ2) is 4.57. The van der Waals surface area contributed by atoms with Gasteiger partial charge in [-0.05, 0) is 30.3 Å². The summed E-state index contributed by atoms with van der Waals surface area (Å²) in [6, 6.07) is 9.58. The number of hydrogen-bond donors (Lipinski definition) is 2. The summed E-state index contributed by atoms with van der Waals surface area (Å²) < 4.78 is 6.67. The summed E-state index contributed by atoms with van der Waals surface area (Å²) in [4.78, 5) is 16.4. The van der Waals surface area contributed by atoms with Gasteiger partial charge in [0, 0.05) is 11.6 Å². The predicted octanol–water partition coefficient (Wildman–Crippen LogP) is 3.48. The monoisotopic (exact) mass is 311 g/mol. The molecule has 22 heavy (non-hydrogen) atoms. The van der Waals surface area contributed by atoms with Crippen molar-refractivity contribution in [2.45, 2.75) is 0 Å². The smallest absolute Gasteiger partial charge is 0.201 e. The number of nitrogens with zero attached hydrogens (tertiary/aromatic N) is 1. The van der Waals surface area contributed by atoms with E-state index in [1.54, 1.807) is 5.51 Å². The molecule has 2 aromatic heterocycles. The minimum Gasteiger partial charge on any atom is -0.504 e. The fourth-order valence-corrected chi connectivity index (χ4v) is 3.01. The number of aromatic nitrogens is 1. The number of phenolic OH excluding ortho intramolecular Hbond substituents is 2. The molecule has 0 unspecified atom stereocenters. The Labute approximate surface area is 127 Å². The Morgan fingerprint density at radius 1 is 1.09 bits per heavy atom. The van der Waals surface area contributed by atoms with Crippen LogP contribution in [0.25, 0.3) is 32.5 Å². The Morgan fingerprint density at radius 2 is 1.95 bits per heavy atom. The van der Waals surface area contributed by atoms with E-state index in [2.05, 4.69) is 4.98 Å². The highest BCUT2D eigenvalue weighted by Crippen LogP contribution is 2.34. The van der Waals surface area contributed by atoms with Crippen molar-refractivity contribution < 1.29 is 14.6 Å². The first kappa shape index (κ1) is 12.8. The Kier molecular flexibility index (Phi) is 2.67. The van der Waals surface area contributed by atoms with Crippen LogP contribution in [0.1, 0.15) is 0 Å². The van der Waals surface area contributed by atoms with Gasteiger partial charge in [0.05, 0.1) is 21.1 Å². The molecule has 0 fully saturated rings. The van der Waals surface area contributed by atoms with E-state index in [0.717, 1.165) is 10.2 Å². The Morgan fingerprint density at radius 3 is 2.82 bits per heavy atom. The lowest BCUT2D eigenvalue weighted by atomic mass is 10.1. The summed E-state index contributed by atoms with van der Waals surface area (Å²) in [6.07, 6.45) is 0. The minimum atomic E-state index is -0.439. The van der Waals surface area contributed by atoms with Gasteiger partial charge in [-0.3, -0.25) is 4.79 Å². The first-order valence-corrected chi connectivity index (χ1v) is 7.34. The van der Waals surface area contributed by atoms with E-state index >= 15 is 0 Å². The summed E-state index contributed by atoms with van der Waals surface area (Å²) in [5, 5.41) is 19.7. The third-order valence-corrected chi connectivity index (χ3v) is 4.27. The van der Waals surface area contributed by atoms with Crippen LogP contribution in [0.15, 0.2) is 51.1 Å². The molecule has 0 bridgehead atoms. The quantitative estimate of drug-likeness (QED) is 0.526. The predicted molar refractivity (Wildman–Crippen MR) is 84.4 cm³/mol. The van der Waals surface area contributed by atoms with Crippen LogP contribution < -0.4 is 5.43 Å². The first-order chi connectivity index (χ1) is 10.6. The number of aromatic hydroxyl groups is 2. The summed E-state index contributed by atoms with van der Waals surface area (Å²) in [5.41, 5.74) is 2.92. The summed E-state index contributed by atoms with van der Waals surface area (Å²) >= 11 is 1.52. The molecular weight excluding hydrogens is 302 g/mol. The average molecular weight is 311 g/mol. The molecule has 4 aromatic rings. The summed E-state index contributed by atoms with van der Waals surface area (Å²) in [7, 11) is 0. The molecule has 2 heterocycles. The van der Waals surface area contributed by atoms with Gasteiger partial charge in [-0.2, -0.15) is 0 Å². The van der Waals surface area contributed by atoms with Crippen LogP contribution in [0.4, 0.5) is 0 Å². The summed E-state index contributed by atoms with van der Waals surface area (Å²) in [5.74, 6) is -0.456. The zero-order valence-corrected chi connectivity index (χ0v) is 11.9. The molecule has 0 atom stereocenters. The van der Waals surface area contributed by atoms with Gasteiger partial charge in [0.1, 0.15) is 5.76 Å². The fraction of sp³-hybridized carbons (Fsp3) is 0. The van der Waals surface area contributed by atoms with Crippen molar-refractivity contribution in [1.82, 2.24) is 4.98 Å². The third-order valence-electron chi connectivity index (χ3n) is 3.46. The number of benzene rings is 2. The molecule has 0 saturated heterocycles. The normalized spacial score (nSPS) is 11.3. The van der Waals surface area contributed by atoms with Crippen molar-refractivity contribution in [2.24, 2.45) is 0 Å². The topological polar surface area (TPSA) is 83.6 Å². The third kappa shape index (κ3) is 1.85. The minimum absolute atomic E-state index is 0.0270. The van der Waals surface area contributed by atoms with E-state index in [4.69, 9.17) is 4.42 Å². The standard InChI is InChI=1S/C16H9NO4S/c18-11-3-2-9-12(19)6-13(21-16(9)15(11)20)8-1-4-14-10(5-8)17-7-22-14/h1-7,18,20H. The van der Waals surface area contributed by atoms with Crippen LogP contribution in [0.3, 0.4) is 0 Å². The van der Waals surface area contributed by atoms with E-state index in [-0.39, 0.29) is 22.1 Å². The van der Waals surface area contributed by atoms with Crippen LogP contribution in [-0.2, 0) is 0 Å². The molecule has 0 radical (unpaired) electrons. The second-order valence-corrected chi connectivity index (χ2v) is 5.71. The van der Waals surface area contributed by atoms with E-state index in [1.165, 1.54) is 29.5 Å². The largest absolute Gasteiger partial charge is 0.504 e. The molecular formula is C16H9NO4S. The number of rotatable bonds is 1. The van der Waals surface area contributed by atoms with Crippen LogP contribution in [0.5, 0.6) is 11.5 Å². The van der Waals surface area contributed by atoms with Crippen molar-refractivity contribution in [3.63, 3.8) is 0 Å². The Balaban J connectivity index is 2.02. The van der Waals surface area contributed by atoms with Crippen LogP contribution in [0, 0.1) is 0 Å². The van der Waals surface area contributed by atoms with E-state index in [1.807, 2.05) is 18.2 Å². The van der Waals surface area contributed by atoms with Gasteiger partial charge in [0.15, 0.2) is 16.8 Å². The number of fused-ring (bicyclic) bond motifs is 2. The van der Waals surface area contributed by atoms with Crippen LogP contribution in [0.2, 0.25) is 0 Å².